The first-order chi connectivity index (χ1) is 9.35. The van der Waals surface area contributed by atoms with Crippen molar-refractivity contribution in [2.75, 3.05) is 0 Å². The van der Waals surface area contributed by atoms with Gasteiger partial charge in [-0.3, -0.25) is 9.59 Å². The molecule has 2 nitrogen and oxygen atoms in total. The maximum Gasteiger partial charge on any atom is 0.451 e. The quantitative estimate of drug-likeness (QED) is 0.485. The van der Waals surface area contributed by atoms with Gasteiger partial charge in [-0.15, -0.1) is 11.3 Å². The maximum atomic E-state index is 12.9. The molecule has 0 N–H and O–H groups in total. The molecule has 3 atom stereocenters. The average molecular weight is 300 g/mol. The first kappa shape index (κ1) is 13.5. The van der Waals surface area contributed by atoms with Gasteiger partial charge in [-0.1, -0.05) is 18.2 Å². The summed E-state index contributed by atoms with van der Waals surface area (Å²) in [6, 6.07) is 3.08. The second-order valence-electron chi connectivity index (χ2n) is 5.30. The van der Waals surface area contributed by atoms with Crippen molar-refractivity contribution in [3.63, 3.8) is 0 Å². The van der Waals surface area contributed by atoms with Gasteiger partial charge in [-0.25, -0.2) is 0 Å². The summed E-state index contributed by atoms with van der Waals surface area (Å²) < 4.78 is 38.8. The first-order valence-corrected chi connectivity index (χ1v) is 7.12. The molecular formula is C14H11F3O2S. The van der Waals surface area contributed by atoms with Crippen LogP contribution >= 0.6 is 11.3 Å². The fourth-order valence-corrected chi connectivity index (χ4v) is 4.11. The predicted octanol–water partition coefficient (Wildman–Crippen LogP) is 3.64. The van der Waals surface area contributed by atoms with Gasteiger partial charge in [-0.05, 0) is 36.1 Å². The van der Waals surface area contributed by atoms with Gasteiger partial charge in [0.2, 0.25) is 0 Å². The van der Waals surface area contributed by atoms with Gasteiger partial charge < -0.3 is 0 Å². The lowest BCUT2D eigenvalue weighted by Gasteiger charge is -2.32. The van der Waals surface area contributed by atoms with Crippen molar-refractivity contribution >= 4 is 22.9 Å². The van der Waals surface area contributed by atoms with Crippen LogP contribution in [-0.2, 0) is 4.79 Å². The molecule has 1 aromatic heterocycles. The Bertz CT molecular complexity index is 588. The van der Waals surface area contributed by atoms with E-state index in [1.54, 1.807) is 17.5 Å². The van der Waals surface area contributed by atoms with Gasteiger partial charge in [0.15, 0.2) is 5.78 Å². The number of rotatable bonds is 3. The predicted molar refractivity (Wildman–Crippen MR) is 67.5 cm³/mol. The average Bonchev–Trinajstić information content (AvgIpc) is 3.11. The van der Waals surface area contributed by atoms with Crippen molar-refractivity contribution < 1.29 is 22.8 Å². The highest BCUT2D eigenvalue weighted by molar-refractivity contribution is 7.12. The molecule has 0 aliphatic heterocycles. The van der Waals surface area contributed by atoms with Gasteiger partial charge in [-0.2, -0.15) is 13.2 Å². The largest absolute Gasteiger partial charge is 0.451 e. The lowest BCUT2D eigenvalue weighted by molar-refractivity contribution is -0.180. The fraction of sp³-hybridized carbons (Fsp3) is 0.429. The number of allylic oxidation sites excluding steroid dienone is 2. The lowest BCUT2D eigenvalue weighted by atomic mass is 9.68. The van der Waals surface area contributed by atoms with E-state index in [-0.39, 0.29) is 17.2 Å². The minimum Gasteiger partial charge on any atom is -0.292 e. The van der Waals surface area contributed by atoms with Gasteiger partial charge >= 0.3 is 6.18 Å². The molecule has 2 aliphatic rings. The monoisotopic (exact) mass is 300 g/mol. The Hall–Kier alpha value is -1.43. The molecular weight excluding hydrogens is 289 g/mol. The highest BCUT2D eigenvalue weighted by atomic mass is 32.1. The number of carbonyl (C=O) groups excluding carboxylic acids is 2. The third-order valence-electron chi connectivity index (χ3n) is 4.20. The van der Waals surface area contributed by atoms with Crippen LogP contribution in [0, 0.1) is 17.3 Å². The highest BCUT2D eigenvalue weighted by Gasteiger charge is 2.64. The van der Waals surface area contributed by atoms with Crippen molar-refractivity contribution in [1.29, 1.82) is 0 Å². The zero-order valence-electron chi connectivity index (χ0n) is 10.3. The minimum atomic E-state index is -4.98. The van der Waals surface area contributed by atoms with Gasteiger partial charge in [0.05, 0.1) is 4.88 Å². The number of ketones is 2. The van der Waals surface area contributed by atoms with E-state index < -0.39 is 29.1 Å². The second kappa shape index (κ2) is 4.28. The van der Waals surface area contributed by atoms with Crippen molar-refractivity contribution in [3.8, 4) is 0 Å². The van der Waals surface area contributed by atoms with Crippen LogP contribution in [0.2, 0.25) is 0 Å². The van der Waals surface area contributed by atoms with E-state index in [2.05, 4.69) is 0 Å². The van der Waals surface area contributed by atoms with Crippen LogP contribution in [0.15, 0.2) is 29.7 Å². The molecule has 1 fully saturated rings. The lowest BCUT2D eigenvalue weighted by Crippen LogP contribution is -2.49. The first-order valence-electron chi connectivity index (χ1n) is 6.24. The fourth-order valence-electron chi connectivity index (χ4n) is 3.36. The number of alkyl halides is 3. The van der Waals surface area contributed by atoms with E-state index in [0.29, 0.717) is 6.42 Å². The third-order valence-corrected chi connectivity index (χ3v) is 5.07. The zero-order valence-corrected chi connectivity index (χ0v) is 11.1. The molecule has 0 aromatic carbocycles. The number of thiophene rings is 1. The number of Topliss-reactive ketones (excluding diaryl/α,β-unsaturated/α-hetero) is 2. The smallest absolute Gasteiger partial charge is 0.292 e. The standard InChI is InChI=1S/C14H11F3O2S/c15-14(16,17)12(19)13(7-8-3-4-9(13)6-8)11(18)10-2-1-5-20-10/h1-5,8-9H,6-7H2/t8-,9+,13-/m1/s1. The van der Waals surface area contributed by atoms with E-state index in [0.717, 1.165) is 11.3 Å². The summed E-state index contributed by atoms with van der Waals surface area (Å²) in [6.07, 6.45) is -1.13. The number of hydrogen-bond donors (Lipinski definition) is 0. The van der Waals surface area contributed by atoms with Crippen LogP contribution in [0.3, 0.4) is 0 Å². The molecule has 2 bridgehead atoms. The summed E-state index contributed by atoms with van der Waals surface area (Å²) in [7, 11) is 0. The van der Waals surface area contributed by atoms with E-state index in [9.17, 15) is 22.8 Å². The van der Waals surface area contributed by atoms with Gasteiger partial charge in [0.1, 0.15) is 5.41 Å². The Morgan fingerprint density at radius 2 is 2.05 bits per heavy atom. The molecule has 0 unspecified atom stereocenters. The second-order valence-corrected chi connectivity index (χ2v) is 6.24. The van der Waals surface area contributed by atoms with Crippen LogP contribution in [0.5, 0.6) is 0 Å². The Morgan fingerprint density at radius 1 is 1.30 bits per heavy atom. The summed E-state index contributed by atoms with van der Waals surface area (Å²) in [5.74, 6) is -3.29. The third kappa shape index (κ3) is 1.78. The van der Waals surface area contributed by atoms with Crippen molar-refractivity contribution in [2.45, 2.75) is 19.0 Å². The Labute approximate surface area is 117 Å². The number of hydrogen-bond acceptors (Lipinski definition) is 3. The van der Waals surface area contributed by atoms with E-state index >= 15 is 0 Å². The molecule has 2 aliphatic carbocycles. The molecule has 20 heavy (non-hydrogen) atoms. The topological polar surface area (TPSA) is 34.1 Å². The SMILES string of the molecule is O=C(c1cccs1)[C@@]1(C(=O)C(F)(F)F)C[C@@H]2C=C[C@H]1C2. The summed E-state index contributed by atoms with van der Waals surface area (Å²) in [6.45, 7) is 0. The highest BCUT2D eigenvalue weighted by Crippen LogP contribution is 2.56. The van der Waals surface area contributed by atoms with Crippen LogP contribution < -0.4 is 0 Å². The Balaban J connectivity index is 2.08. The van der Waals surface area contributed by atoms with Gasteiger partial charge in [0, 0.05) is 0 Å². The molecule has 1 saturated carbocycles. The number of halogens is 3. The molecule has 106 valence electrons. The Kier molecular flexibility index (Phi) is 2.90. The summed E-state index contributed by atoms with van der Waals surface area (Å²) >= 11 is 1.08. The summed E-state index contributed by atoms with van der Waals surface area (Å²) in [4.78, 5) is 24.7. The van der Waals surface area contributed by atoms with Crippen LogP contribution in [0.1, 0.15) is 22.5 Å². The maximum absolute atomic E-state index is 12.9. The molecule has 3 rings (SSSR count). The molecule has 1 heterocycles. The van der Waals surface area contributed by atoms with E-state index in [4.69, 9.17) is 0 Å². The summed E-state index contributed by atoms with van der Waals surface area (Å²) in [5, 5.41) is 1.63. The van der Waals surface area contributed by atoms with Crippen molar-refractivity contribution in [3.05, 3.63) is 34.5 Å². The summed E-state index contributed by atoms with van der Waals surface area (Å²) in [5.41, 5.74) is -1.94. The molecule has 0 spiro atoms. The minimum absolute atomic E-state index is 0.0246. The van der Waals surface area contributed by atoms with Gasteiger partial charge in [0.25, 0.3) is 5.78 Å². The van der Waals surface area contributed by atoms with Crippen LogP contribution in [0.25, 0.3) is 0 Å². The number of carbonyl (C=O) groups is 2. The van der Waals surface area contributed by atoms with Crippen LogP contribution in [0.4, 0.5) is 13.2 Å². The zero-order chi connectivity index (χ0) is 14.5. The van der Waals surface area contributed by atoms with Crippen molar-refractivity contribution in [2.24, 2.45) is 17.3 Å². The van der Waals surface area contributed by atoms with Crippen LogP contribution in [-0.4, -0.2) is 17.7 Å². The molecule has 0 radical (unpaired) electrons. The van der Waals surface area contributed by atoms with Crippen molar-refractivity contribution in [1.82, 2.24) is 0 Å². The molecule has 0 saturated heterocycles. The van der Waals surface area contributed by atoms with E-state index in [1.807, 2.05) is 6.08 Å². The molecule has 1 aromatic rings. The van der Waals surface area contributed by atoms with E-state index in [1.165, 1.54) is 6.07 Å². The normalized spacial score (nSPS) is 31.8. The number of fused-ring (bicyclic) bond motifs is 2. The molecule has 6 heteroatoms. The molecule has 0 amide bonds. The Morgan fingerprint density at radius 3 is 2.50 bits per heavy atom.